The van der Waals surface area contributed by atoms with E-state index in [1.807, 2.05) is 12.1 Å². The topological polar surface area (TPSA) is 74.5 Å². The van der Waals surface area contributed by atoms with E-state index < -0.39 is 0 Å². The highest BCUT2D eigenvalue weighted by molar-refractivity contribution is 5.91. The number of hydrazine groups is 1. The summed E-state index contributed by atoms with van der Waals surface area (Å²) >= 11 is 0. The number of hydrogen-bond acceptors (Lipinski definition) is 5. The second kappa shape index (κ2) is 7.94. The van der Waals surface area contributed by atoms with Crippen LogP contribution in [0.5, 0.6) is 0 Å². The van der Waals surface area contributed by atoms with Crippen LogP contribution in [0.3, 0.4) is 0 Å². The number of carbonyl (C=O) groups excluding carboxylic acids is 1. The maximum absolute atomic E-state index is 11.5. The van der Waals surface area contributed by atoms with Gasteiger partial charge in [-0.3, -0.25) is 15.1 Å². The molecule has 0 bridgehead atoms. The summed E-state index contributed by atoms with van der Waals surface area (Å²) in [5.74, 6) is 4.76. The van der Waals surface area contributed by atoms with Crippen molar-refractivity contribution in [2.45, 2.75) is 26.4 Å². The second-order valence-corrected chi connectivity index (χ2v) is 5.16. The van der Waals surface area contributed by atoms with Crippen molar-refractivity contribution < 1.29 is 4.79 Å². The van der Waals surface area contributed by atoms with Crippen molar-refractivity contribution in [3.8, 4) is 0 Å². The standard InChI is InChI=1S/C14H25N5O/c1-5-19(11(2)9-18(3)4)10-12-7-6-8-13(16-12)14(20)17-15/h6-8,11H,5,9-10,15H2,1-4H3,(H,17,20). The average Bonchev–Trinajstić information content (AvgIpc) is 2.43. The van der Waals surface area contributed by atoms with Gasteiger partial charge in [-0.15, -0.1) is 0 Å². The number of amides is 1. The van der Waals surface area contributed by atoms with E-state index in [-0.39, 0.29) is 5.91 Å². The van der Waals surface area contributed by atoms with E-state index >= 15 is 0 Å². The van der Waals surface area contributed by atoms with Gasteiger partial charge >= 0.3 is 0 Å². The summed E-state index contributed by atoms with van der Waals surface area (Å²) in [4.78, 5) is 20.3. The summed E-state index contributed by atoms with van der Waals surface area (Å²) in [6, 6.07) is 5.84. The Bertz CT molecular complexity index is 435. The molecule has 0 aromatic carbocycles. The van der Waals surface area contributed by atoms with E-state index in [9.17, 15) is 4.79 Å². The lowest BCUT2D eigenvalue weighted by atomic mass is 10.2. The number of aromatic nitrogens is 1. The molecule has 0 saturated heterocycles. The van der Waals surface area contributed by atoms with Crippen LogP contribution in [0.25, 0.3) is 0 Å². The molecule has 0 aliphatic rings. The SMILES string of the molecule is CCN(Cc1cccc(C(=O)NN)n1)C(C)CN(C)C. The smallest absolute Gasteiger partial charge is 0.283 e. The Morgan fingerprint density at radius 1 is 1.45 bits per heavy atom. The molecule has 1 rings (SSSR count). The molecule has 1 aromatic rings. The fraction of sp³-hybridized carbons (Fsp3) is 0.571. The molecule has 20 heavy (non-hydrogen) atoms. The number of nitrogens with one attached hydrogen (secondary N) is 1. The molecule has 1 amide bonds. The van der Waals surface area contributed by atoms with Crippen molar-refractivity contribution in [1.29, 1.82) is 0 Å². The molecule has 0 saturated carbocycles. The van der Waals surface area contributed by atoms with Crippen LogP contribution < -0.4 is 11.3 Å². The van der Waals surface area contributed by atoms with Crippen molar-refractivity contribution in [1.82, 2.24) is 20.2 Å². The van der Waals surface area contributed by atoms with E-state index in [1.165, 1.54) is 0 Å². The quantitative estimate of drug-likeness (QED) is 0.431. The molecular formula is C14H25N5O. The van der Waals surface area contributed by atoms with Crippen LogP contribution in [0.1, 0.15) is 30.0 Å². The highest BCUT2D eigenvalue weighted by atomic mass is 16.2. The van der Waals surface area contributed by atoms with Crippen molar-refractivity contribution in [2.75, 3.05) is 27.2 Å². The number of carbonyl (C=O) groups is 1. The molecule has 0 aliphatic heterocycles. The molecule has 0 radical (unpaired) electrons. The van der Waals surface area contributed by atoms with E-state index in [4.69, 9.17) is 5.84 Å². The molecule has 0 fully saturated rings. The molecule has 3 N–H and O–H groups in total. The molecule has 6 heteroatoms. The molecule has 0 aliphatic carbocycles. The van der Waals surface area contributed by atoms with Crippen molar-refractivity contribution in [3.05, 3.63) is 29.6 Å². The van der Waals surface area contributed by atoms with E-state index in [2.05, 4.69) is 48.2 Å². The number of nitrogens with zero attached hydrogens (tertiary/aromatic N) is 3. The predicted octanol–water partition coefficient (Wildman–Crippen LogP) is 0.457. The van der Waals surface area contributed by atoms with Crippen LogP contribution >= 0.6 is 0 Å². The van der Waals surface area contributed by atoms with Crippen LogP contribution in [0.15, 0.2) is 18.2 Å². The molecule has 0 spiro atoms. The minimum Gasteiger partial charge on any atom is -0.308 e. The van der Waals surface area contributed by atoms with Crippen LogP contribution in [-0.4, -0.2) is 53.9 Å². The van der Waals surface area contributed by atoms with E-state index in [0.29, 0.717) is 11.7 Å². The molecule has 1 aromatic heterocycles. The molecular weight excluding hydrogens is 254 g/mol. The Labute approximate surface area is 120 Å². The zero-order valence-corrected chi connectivity index (χ0v) is 12.8. The summed E-state index contributed by atoms with van der Waals surface area (Å²) in [5, 5.41) is 0. The second-order valence-electron chi connectivity index (χ2n) is 5.16. The van der Waals surface area contributed by atoms with Crippen LogP contribution in [0.4, 0.5) is 0 Å². The van der Waals surface area contributed by atoms with Gasteiger partial charge in [-0.05, 0) is 39.7 Å². The van der Waals surface area contributed by atoms with Crippen LogP contribution in [-0.2, 0) is 6.54 Å². The highest BCUT2D eigenvalue weighted by Gasteiger charge is 2.14. The van der Waals surface area contributed by atoms with Crippen LogP contribution in [0.2, 0.25) is 0 Å². The molecule has 1 heterocycles. The molecule has 1 unspecified atom stereocenters. The zero-order chi connectivity index (χ0) is 15.1. The molecule has 112 valence electrons. The van der Waals surface area contributed by atoms with Crippen LogP contribution in [0, 0.1) is 0 Å². The van der Waals surface area contributed by atoms with E-state index in [0.717, 1.165) is 25.3 Å². The monoisotopic (exact) mass is 279 g/mol. The third-order valence-corrected chi connectivity index (χ3v) is 3.19. The fourth-order valence-electron chi connectivity index (χ4n) is 2.20. The first-order valence-electron chi connectivity index (χ1n) is 6.83. The van der Waals surface area contributed by atoms with Gasteiger partial charge in [-0.25, -0.2) is 10.8 Å². The third kappa shape index (κ3) is 4.88. The van der Waals surface area contributed by atoms with Gasteiger partial charge in [0, 0.05) is 19.1 Å². The maximum Gasteiger partial charge on any atom is 0.283 e. The minimum absolute atomic E-state index is 0.348. The first-order chi connectivity index (χ1) is 9.47. The summed E-state index contributed by atoms with van der Waals surface area (Å²) in [6.07, 6.45) is 0. The number of likely N-dealkylation sites (N-methyl/N-ethyl adjacent to an activating group) is 2. The lowest BCUT2D eigenvalue weighted by Gasteiger charge is -2.29. The van der Waals surface area contributed by atoms with Crippen molar-refractivity contribution in [2.24, 2.45) is 5.84 Å². The summed E-state index contributed by atoms with van der Waals surface area (Å²) < 4.78 is 0. The first-order valence-corrected chi connectivity index (χ1v) is 6.83. The first kappa shape index (κ1) is 16.6. The van der Waals surface area contributed by atoms with Crippen molar-refractivity contribution >= 4 is 5.91 Å². The number of nitrogens with two attached hydrogens (primary N) is 1. The molecule has 1 atom stereocenters. The Balaban J connectivity index is 2.77. The minimum atomic E-state index is -0.365. The van der Waals surface area contributed by atoms with Gasteiger partial charge in [-0.2, -0.15) is 0 Å². The average molecular weight is 279 g/mol. The predicted molar refractivity (Wildman–Crippen MR) is 80.0 cm³/mol. The van der Waals surface area contributed by atoms with Gasteiger partial charge in [0.2, 0.25) is 0 Å². The Morgan fingerprint density at radius 2 is 2.15 bits per heavy atom. The van der Waals surface area contributed by atoms with Gasteiger partial charge in [-0.1, -0.05) is 13.0 Å². The van der Waals surface area contributed by atoms with Gasteiger partial charge in [0.1, 0.15) is 5.69 Å². The Hall–Kier alpha value is -1.50. The van der Waals surface area contributed by atoms with Gasteiger partial charge in [0.25, 0.3) is 5.91 Å². The zero-order valence-electron chi connectivity index (χ0n) is 12.8. The number of rotatable bonds is 7. The number of pyridine rings is 1. The lowest BCUT2D eigenvalue weighted by Crippen LogP contribution is -2.39. The number of hydrogen-bond donors (Lipinski definition) is 2. The Kier molecular flexibility index (Phi) is 6.57. The van der Waals surface area contributed by atoms with Gasteiger partial charge in [0.15, 0.2) is 0 Å². The van der Waals surface area contributed by atoms with E-state index in [1.54, 1.807) is 6.07 Å². The largest absolute Gasteiger partial charge is 0.308 e. The normalized spacial score (nSPS) is 12.8. The third-order valence-electron chi connectivity index (χ3n) is 3.19. The van der Waals surface area contributed by atoms with Gasteiger partial charge < -0.3 is 4.90 Å². The van der Waals surface area contributed by atoms with Crippen molar-refractivity contribution in [3.63, 3.8) is 0 Å². The summed E-state index contributed by atoms with van der Waals surface area (Å²) in [6.45, 7) is 6.96. The molecule has 6 nitrogen and oxygen atoms in total. The van der Waals surface area contributed by atoms with Gasteiger partial charge in [0.05, 0.1) is 5.69 Å². The Morgan fingerprint density at radius 3 is 2.70 bits per heavy atom. The fourth-order valence-corrected chi connectivity index (χ4v) is 2.20. The summed E-state index contributed by atoms with van der Waals surface area (Å²) in [7, 11) is 4.13. The highest BCUT2D eigenvalue weighted by Crippen LogP contribution is 2.08. The maximum atomic E-state index is 11.5. The number of nitrogen functional groups attached to an aromatic ring is 1. The lowest BCUT2D eigenvalue weighted by molar-refractivity contribution is 0.0948. The summed E-state index contributed by atoms with van der Waals surface area (Å²) in [5.41, 5.74) is 3.33.